The number of aryl methyl sites for hydroxylation is 1. The maximum absolute atomic E-state index is 12.5. The van der Waals surface area contributed by atoms with Crippen LogP contribution in [0.2, 0.25) is 0 Å². The van der Waals surface area contributed by atoms with Gasteiger partial charge in [0.1, 0.15) is 11.0 Å². The highest BCUT2D eigenvalue weighted by Gasteiger charge is 2.18. The first-order chi connectivity index (χ1) is 15.1. The molecule has 1 atom stereocenters. The van der Waals surface area contributed by atoms with Crippen molar-refractivity contribution in [2.75, 3.05) is 5.32 Å². The van der Waals surface area contributed by atoms with Crippen molar-refractivity contribution in [2.45, 2.75) is 52.0 Å². The van der Waals surface area contributed by atoms with Gasteiger partial charge in [-0.2, -0.15) is 0 Å². The number of anilines is 1. The highest BCUT2D eigenvalue weighted by atomic mass is 32.1. The van der Waals surface area contributed by atoms with Crippen LogP contribution in [0.5, 0.6) is 0 Å². The molecule has 162 valence electrons. The van der Waals surface area contributed by atoms with Crippen molar-refractivity contribution in [3.8, 4) is 10.6 Å². The number of amides is 2. The van der Waals surface area contributed by atoms with Crippen molar-refractivity contribution in [2.24, 2.45) is 0 Å². The molecular formula is C24H28N4O2S. The van der Waals surface area contributed by atoms with Gasteiger partial charge in [0.15, 0.2) is 0 Å². The largest absolute Gasteiger partial charge is 0.341 e. The number of nitrogens with zero attached hydrogens (tertiary/aromatic N) is 2. The summed E-state index contributed by atoms with van der Waals surface area (Å²) in [5, 5.41) is 14.7. The number of benzene rings is 2. The molecule has 7 heteroatoms. The first kappa shape index (κ1) is 22.6. The van der Waals surface area contributed by atoms with E-state index < -0.39 is 6.04 Å². The molecule has 0 aliphatic heterocycles. The molecule has 1 aromatic heterocycles. The van der Waals surface area contributed by atoms with Crippen molar-refractivity contribution in [3.63, 3.8) is 0 Å². The molecule has 0 fully saturated rings. The molecule has 0 aliphatic carbocycles. The zero-order chi connectivity index (χ0) is 22.1. The maximum Gasteiger partial charge on any atom is 0.251 e. The van der Waals surface area contributed by atoms with Gasteiger partial charge in [-0.25, -0.2) is 0 Å². The summed E-state index contributed by atoms with van der Waals surface area (Å²) in [4.78, 5) is 25.0. The van der Waals surface area contributed by atoms with Crippen molar-refractivity contribution in [3.05, 3.63) is 65.7 Å². The molecule has 2 N–H and O–H groups in total. The SMILES string of the molecule is CCCCCCc1ccc(C(=O)N[C@@H](C)C(=O)Nc2nnc(-c3ccccc3)s2)cc1. The summed E-state index contributed by atoms with van der Waals surface area (Å²) in [6.07, 6.45) is 5.89. The van der Waals surface area contributed by atoms with E-state index in [9.17, 15) is 9.59 Å². The van der Waals surface area contributed by atoms with Crippen molar-refractivity contribution < 1.29 is 9.59 Å². The minimum atomic E-state index is -0.703. The van der Waals surface area contributed by atoms with Crippen LogP contribution >= 0.6 is 11.3 Å². The second-order valence-electron chi connectivity index (χ2n) is 7.47. The topological polar surface area (TPSA) is 84.0 Å². The molecule has 6 nitrogen and oxygen atoms in total. The average Bonchev–Trinajstić information content (AvgIpc) is 3.26. The summed E-state index contributed by atoms with van der Waals surface area (Å²) >= 11 is 1.29. The lowest BCUT2D eigenvalue weighted by Crippen LogP contribution is -2.41. The zero-order valence-electron chi connectivity index (χ0n) is 17.9. The summed E-state index contributed by atoms with van der Waals surface area (Å²) in [5.74, 6) is -0.612. The highest BCUT2D eigenvalue weighted by Crippen LogP contribution is 2.25. The highest BCUT2D eigenvalue weighted by molar-refractivity contribution is 7.18. The molecule has 31 heavy (non-hydrogen) atoms. The van der Waals surface area contributed by atoms with E-state index in [4.69, 9.17) is 0 Å². The fourth-order valence-electron chi connectivity index (χ4n) is 3.11. The Kier molecular flexibility index (Phi) is 8.29. The summed E-state index contributed by atoms with van der Waals surface area (Å²) in [7, 11) is 0. The van der Waals surface area contributed by atoms with E-state index in [1.165, 1.54) is 36.2 Å². The van der Waals surface area contributed by atoms with E-state index in [0.29, 0.717) is 10.7 Å². The molecule has 0 saturated carbocycles. The average molecular weight is 437 g/mol. The molecule has 3 rings (SSSR count). The van der Waals surface area contributed by atoms with Gasteiger partial charge in [0, 0.05) is 11.1 Å². The summed E-state index contributed by atoms with van der Waals surface area (Å²) < 4.78 is 0. The Morgan fingerprint density at radius 3 is 2.42 bits per heavy atom. The van der Waals surface area contributed by atoms with Crippen LogP contribution < -0.4 is 10.6 Å². The van der Waals surface area contributed by atoms with Crippen LogP contribution in [-0.4, -0.2) is 28.1 Å². The first-order valence-corrected chi connectivity index (χ1v) is 11.5. The van der Waals surface area contributed by atoms with Gasteiger partial charge in [-0.05, 0) is 37.5 Å². The summed E-state index contributed by atoms with van der Waals surface area (Å²) in [6, 6.07) is 16.5. The van der Waals surface area contributed by atoms with Crippen molar-refractivity contribution in [1.29, 1.82) is 0 Å². The number of aromatic nitrogens is 2. The molecular weight excluding hydrogens is 408 g/mol. The molecule has 0 aliphatic rings. The zero-order valence-corrected chi connectivity index (χ0v) is 18.7. The van der Waals surface area contributed by atoms with Gasteiger partial charge in [0.05, 0.1) is 0 Å². The fourth-order valence-corrected chi connectivity index (χ4v) is 3.86. The monoisotopic (exact) mass is 436 g/mol. The van der Waals surface area contributed by atoms with E-state index in [1.807, 2.05) is 54.6 Å². The molecule has 0 spiro atoms. The van der Waals surface area contributed by atoms with E-state index >= 15 is 0 Å². The minimum Gasteiger partial charge on any atom is -0.341 e. The van der Waals surface area contributed by atoms with Crippen LogP contribution in [0.4, 0.5) is 5.13 Å². The molecule has 2 amide bonds. The Hall–Kier alpha value is -3.06. The van der Waals surface area contributed by atoms with Gasteiger partial charge >= 0.3 is 0 Å². The lowest BCUT2D eigenvalue weighted by molar-refractivity contribution is -0.117. The second kappa shape index (κ2) is 11.4. The standard InChI is InChI=1S/C24H28N4O2S/c1-3-4-5-7-10-18-13-15-19(16-14-18)22(30)25-17(2)21(29)26-24-28-27-23(31-24)20-11-8-6-9-12-20/h6,8-9,11-17H,3-5,7,10H2,1-2H3,(H,25,30)(H,26,28,29)/t17-/m0/s1. The van der Waals surface area contributed by atoms with Crippen molar-refractivity contribution in [1.82, 2.24) is 15.5 Å². The van der Waals surface area contributed by atoms with Gasteiger partial charge in [0.25, 0.3) is 5.91 Å². The number of unbranched alkanes of at least 4 members (excludes halogenated alkanes) is 3. The van der Waals surface area contributed by atoms with E-state index in [-0.39, 0.29) is 11.8 Å². The molecule has 0 bridgehead atoms. The van der Waals surface area contributed by atoms with Crippen LogP contribution in [0.25, 0.3) is 10.6 Å². The van der Waals surface area contributed by atoms with Crippen molar-refractivity contribution >= 4 is 28.3 Å². The van der Waals surface area contributed by atoms with Crippen LogP contribution in [0.1, 0.15) is 55.5 Å². The number of carbonyl (C=O) groups excluding carboxylic acids is 2. The molecule has 2 aromatic carbocycles. The van der Waals surface area contributed by atoms with Crippen LogP contribution in [-0.2, 0) is 11.2 Å². The maximum atomic E-state index is 12.5. The van der Waals surface area contributed by atoms with E-state index in [0.717, 1.165) is 23.4 Å². The number of carbonyl (C=O) groups is 2. The third kappa shape index (κ3) is 6.72. The van der Waals surface area contributed by atoms with Gasteiger partial charge in [-0.15, -0.1) is 10.2 Å². The van der Waals surface area contributed by atoms with Gasteiger partial charge in [-0.3, -0.25) is 14.9 Å². The van der Waals surface area contributed by atoms with Crippen LogP contribution in [0.3, 0.4) is 0 Å². The van der Waals surface area contributed by atoms with Gasteiger partial charge < -0.3 is 5.32 Å². The quantitative estimate of drug-likeness (QED) is 0.434. The lowest BCUT2D eigenvalue weighted by atomic mass is 10.0. The predicted octanol–water partition coefficient (Wildman–Crippen LogP) is 5.08. The third-order valence-electron chi connectivity index (χ3n) is 4.95. The van der Waals surface area contributed by atoms with E-state index in [2.05, 4.69) is 27.8 Å². The molecule has 0 radical (unpaired) electrons. The summed E-state index contributed by atoms with van der Waals surface area (Å²) in [5.41, 5.74) is 2.71. The molecule has 0 saturated heterocycles. The Morgan fingerprint density at radius 1 is 0.968 bits per heavy atom. The summed E-state index contributed by atoms with van der Waals surface area (Å²) in [6.45, 7) is 3.85. The number of hydrogen-bond donors (Lipinski definition) is 2. The second-order valence-corrected chi connectivity index (χ2v) is 8.45. The number of hydrogen-bond acceptors (Lipinski definition) is 5. The molecule has 3 aromatic rings. The van der Waals surface area contributed by atoms with Gasteiger partial charge in [-0.1, -0.05) is 80.0 Å². The fraction of sp³-hybridized carbons (Fsp3) is 0.333. The smallest absolute Gasteiger partial charge is 0.251 e. The first-order valence-electron chi connectivity index (χ1n) is 10.7. The molecule has 0 unspecified atom stereocenters. The Bertz CT molecular complexity index is 986. The van der Waals surface area contributed by atoms with E-state index in [1.54, 1.807) is 6.92 Å². The van der Waals surface area contributed by atoms with Crippen LogP contribution in [0.15, 0.2) is 54.6 Å². The predicted molar refractivity (Wildman–Crippen MR) is 125 cm³/mol. The minimum absolute atomic E-state index is 0.276. The Balaban J connectivity index is 1.50. The Morgan fingerprint density at radius 2 is 1.71 bits per heavy atom. The molecule has 1 heterocycles. The third-order valence-corrected chi connectivity index (χ3v) is 5.84. The normalized spacial score (nSPS) is 11.7. The lowest BCUT2D eigenvalue weighted by Gasteiger charge is -2.13. The number of nitrogens with one attached hydrogen (secondary N) is 2. The van der Waals surface area contributed by atoms with Crippen LogP contribution in [0, 0.1) is 0 Å². The van der Waals surface area contributed by atoms with Gasteiger partial charge in [0.2, 0.25) is 11.0 Å². The Labute approximate surface area is 187 Å². The number of rotatable bonds is 10.